The van der Waals surface area contributed by atoms with E-state index in [4.69, 9.17) is 19.4 Å². The van der Waals surface area contributed by atoms with Crippen molar-refractivity contribution in [3.63, 3.8) is 0 Å². The van der Waals surface area contributed by atoms with Gasteiger partial charge in [-0.3, -0.25) is 0 Å². The van der Waals surface area contributed by atoms with Crippen LogP contribution < -0.4 is 0 Å². The van der Waals surface area contributed by atoms with Crippen LogP contribution in [-0.2, 0) is 0 Å². The van der Waals surface area contributed by atoms with Crippen molar-refractivity contribution in [2.24, 2.45) is 0 Å². The second kappa shape index (κ2) is 10.1. The Kier molecular flexibility index (Phi) is 5.54. The Labute approximate surface area is 269 Å². The summed E-state index contributed by atoms with van der Waals surface area (Å²) in [5.41, 5.74) is 4.46. The Balaban J connectivity index is 1.27. The molecule has 0 atom stereocenters. The quantitative estimate of drug-likeness (QED) is 0.190. The summed E-state index contributed by atoms with van der Waals surface area (Å²) in [7, 11) is 0. The maximum Gasteiger partial charge on any atom is 0.164 e. The van der Waals surface area contributed by atoms with E-state index in [1.165, 1.54) is 21.5 Å². The number of fused-ring (bicyclic) bond motifs is 8. The molecule has 0 aliphatic carbocycles. The SMILES string of the molecule is c1ccc2cc(-c3nc(-c4cccc5ccccc45)nc(-c4cccc5oc6cc7ccc8ccccc8c7cc6c45)n3)ccc2c1. The molecule has 10 rings (SSSR count). The molecule has 0 N–H and O–H groups in total. The first kappa shape index (κ1) is 25.9. The molecule has 8 aromatic carbocycles. The van der Waals surface area contributed by atoms with Crippen molar-refractivity contribution in [3.8, 4) is 34.2 Å². The van der Waals surface area contributed by atoms with Gasteiger partial charge >= 0.3 is 0 Å². The topological polar surface area (TPSA) is 51.8 Å². The molecule has 10 aromatic rings. The van der Waals surface area contributed by atoms with E-state index in [1.54, 1.807) is 0 Å². The highest BCUT2D eigenvalue weighted by atomic mass is 16.3. The van der Waals surface area contributed by atoms with E-state index in [1.807, 2.05) is 12.1 Å². The van der Waals surface area contributed by atoms with E-state index in [0.717, 1.165) is 60.2 Å². The lowest BCUT2D eigenvalue weighted by Gasteiger charge is -2.11. The number of nitrogens with zero attached hydrogens (tertiary/aromatic N) is 3. The van der Waals surface area contributed by atoms with Crippen LogP contribution in [0.3, 0.4) is 0 Å². The fourth-order valence-corrected chi connectivity index (χ4v) is 7.01. The average Bonchev–Trinajstić information content (AvgIpc) is 3.51. The second-order valence-corrected chi connectivity index (χ2v) is 12.0. The molecule has 0 unspecified atom stereocenters. The Morgan fingerprint density at radius 3 is 1.83 bits per heavy atom. The molecular weight excluding hydrogens is 574 g/mol. The Hall–Kier alpha value is -6.39. The molecule has 2 heterocycles. The second-order valence-electron chi connectivity index (χ2n) is 12.0. The van der Waals surface area contributed by atoms with Gasteiger partial charge in [-0.25, -0.2) is 15.0 Å². The van der Waals surface area contributed by atoms with Crippen LogP contribution in [0.2, 0.25) is 0 Å². The molecule has 47 heavy (non-hydrogen) atoms. The minimum absolute atomic E-state index is 0.609. The Bertz CT molecular complexity index is 2860. The third kappa shape index (κ3) is 4.12. The van der Waals surface area contributed by atoms with Gasteiger partial charge in [-0.2, -0.15) is 0 Å². The molecule has 0 aliphatic rings. The summed E-state index contributed by atoms with van der Waals surface area (Å²) in [6, 6.07) is 52.8. The lowest BCUT2D eigenvalue weighted by Crippen LogP contribution is -2.01. The van der Waals surface area contributed by atoms with Crippen molar-refractivity contribution < 1.29 is 4.42 Å². The van der Waals surface area contributed by atoms with Crippen LogP contribution in [0.25, 0.3) is 99.2 Å². The van der Waals surface area contributed by atoms with Gasteiger partial charge in [0.05, 0.1) is 0 Å². The summed E-state index contributed by atoms with van der Waals surface area (Å²) in [6.07, 6.45) is 0. The van der Waals surface area contributed by atoms with Crippen LogP contribution >= 0.6 is 0 Å². The van der Waals surface area contributed by atoms with Crippen LogP contribution in [0.4, 0.5) is 0 Å². The number of hydrogen-bond acceptors (Lipinski definition) is 4. The van der Waals surface area contributed by atoms with Crippen LogP contribution in [0.1, 0.15) is 0 Å². The smallest absolute Gasteiger partial charge is 0.164 e. The molecule has 0 aliphatic heterocycles. The first-order valence-electron chi connectivity index (χ1n) is 15.8. The van der Waals surface area contributed by atoms with E-state index in [2.05, 4.69) is 140 Å². The summed E-state index contributed by atoms with van der Waals surface area (Å²) >= 11 is 0. The van der Waals surface area contributed by atoms with Gasteiger partial charge in [0.25, 0.3) is 0 Å². The van der Waals surface area contributed by atoms with Crippen LogP contribution in [0, 0.1) is 0 Å². The van der Waals surface area contributed by atoms with E-state index in [0.29, 0.717) is 17.5 Å². The van der Waals surface area contributed by atoms with Gasteiger partial charge in [-0.05, 0) is 67.4 Å². The third-order valence-corrected chi connectivity index (χ3v) is 9.28. The number of hydrogen-bond donors (Lipinski definition) is 0. The van der Waals surface area contributed by atoms with Crippen LogP contribution in [0.15, 0.2) is 156 Å². The fraction of sp³-hybridized carbons (Fsp3) is 0. The molecule has 2 aromatic heterocycles. The maximum absolute atomic E-state index is 6.50. The minimum atomic E-state index is 0.609. The van der Waals surface area contributed by atoms with Crippen molar-refractivity contribution in [3.05, 3.63) is 152 Å². The molecule has 4 heteroatoms. The summed E-state index contributed by atoms with van der Waals surface area (Å²) in [4.78, 5) is 15.5. The number of benzene rings is 8. The van der Waals surface area contributed by atoms with Crippen molar-refractivity contribution in [1.82, 2.24) is 15.0 Å². The highest BCUT2D eigenvalue weighted by molar-refractivity contribution is 6.19. The predicted molar refractivity (Wildman–Crippen MR) is 193 cm³/mol. The van der Waals surface area contributed by atoms with Crippen molar-refractivity contribution in [2.45, 2.75) is 0 Å². The standard InChI is InChI=1S/C43H25N3O/c1-2-12-29-23-31(22-19-26(29)9-1)41-44-42(34-16-7-13-27-10-3-5-14-32(27)34)46-43(45-41)35-17-8-18-38-40(35)37-25-36-30(24-39(37)47-38)21-20-28-11-4-6-15-33(28)36/h1-25H. The average molecular weight is 600 g/mol. The molecule has 0 saturated heterocycles. The van der Waals surface area contributed by atoms with Gasteiger partial charge in [-0.1, -0.05) is 127 Å². The highest BCUT2D eigenvalue weighted by Gasteiger charge is 2.19. The van der Waals surface area contributed by atoms with Crippen LogP contribution in [-0.4, -0.2) is 15.0 Å². The third-order valence-electron chi connectivity index (χ3n) is 9.28. The zero-order chi connectivity index (χ0) is 30.9. The molecule has 0 spiro atoms. The lowest BCUT2D eigenvalue weighted by molar-refractivity contribution is 0.669. The van der Waals surface area contributed by atoms with Gasteiger partial charge in [0.2, 0.25) is 0 Å². The van der Waals surface area contributed by atoms with Gasteiger partial charge in [0, 0.05) is 27.5 Å². The van der Waals surface area contributed by atoms with Gasteiger partial charge < -0.3 is 4.42 Å². The molecule has 0 fully saturated rings. The summed E-state index contributed by atoms with van der Waals surface area (Å²) < 4.78 is 6.50. The Morgan fingerprint density at radius 1 is 0.340 bits per heavy atom. The molecule has 0 saturated carbocycles. The Morgan fingerprint density at radius 2 is 0.957 bits per heavy atom. The fourth-order valence-electron chi connectivity index (χ4n) is 7.01. The van der Waals surface area contributed by atoms with Gasteiger partial charge in [-0.15, -0.1) is 0 Å². The lowest BCUT2D eigenvalue weighted by atomic mass is 9.98. The summed E-state index contributed by atoms with van der Waals surface area (Å²) in [6.45, 7) is 0. The van der Waals surface area contributed by atoms with Crippen molar-refractivity contribution in [2.75, 3.05) is 0 Å². The number of rotatable bonds is 3. The summed E-state index contributed by atoms with van der Waals surface area (Å²) in [5.74, 6) is 1.87. The van der Waals surface area contributed by atoms with E-state index in [9.17, 15) is 0 Å². The van der Waals surface area contributed by atoms with Gasteiger partial charge in [0.1, 0.15) is 11.2 Å². The van der Waals surface area contributed by atoms with E-state index < -0.39 is 0 Å². The molecule has 0 radical (unpaired) electrons. The maximum atomic E-state index is 6.50. The molecule has 0 amide bonds. The summed E-state index contributed by atoms with van der Waals surface area (Å²) in [5, 5.41) is 11.4. The van der Waals surface area contributed by atoms with Gasteiger partial charge in [0.15, 0.2) is 17.5 Å². The minimum Gasteiger partial charge on any atom is -0.456 e. The first-order valence-corrected chi connectivity index (χ1v) is 15.8. The molecular formula is C43H25N3O. The first-order chi connectivity index (χ1) is 23.3. The highest BCUT2D eigenvalue weighted by Crippen LogP contribution is 2.40. The molecule has 0 bridgehead atoms. The zero-order valence-electron chi connectivity index (χ0n) is 25.2. The van der Waals surface area contributed by atoms with E-state index in [-0.39, 0.29) is 0 Å². The predicted octanol–water partition coefficient (Wildman–Crippen LogP) is 11.4. The monoisotopic (exact) mass is 599 g/mol. The number of aromatic nitrogens is 3. The molecule has 4 nitrogen and oxygen atoms in total. The van der Waals surface area contributed by atoms with E-state index >= 15 is 0 Å². The van der Waals surface area contributed by atoms with Crippen molar-refractivity contribution in [1.29, 1.82) is 0 Å². The number of furan rings is 1. The largest absolute Gasteiger partial charge is 0.456 e. The normalized spacial score (nSPS) is 11.8. The zero-order valence-corrected chi connectivity index (χ0v) is 25.2. The molecule has 218 valence electrons. The van der Waals surface area contributed by atoms with Crippen molar-refractivity contribution >= 4 is 65.0 Å². The van der Waals surface area contributed by atoms with Crippen LogP contribution in [0.5, 0.6) is 0 Å².